The van der Waals surface area contributed by atoms with E-state index in [4.69, 9.17) is 0 Å². The van der Waals surface area contributed by atoms with Gasteiger partial charge in [-0.1, -0.05) is 13.0 Å². The summed E-state index contributed by atoms with van der Waals surface area (Å²) in [5.74, 6) is 2.09. The molecule has 2 N–H and O–H groups in total. The smallest absolute Gasteiger partial charge is 0.129 e. The second-order valence-electron chi connectivity index (χ2n) is 4.39. The molecule has 1 aromatic carbocycles. The van der Waals surface area contributed by atoms with Crippen LogP contribution in [0.25, 0.3) is 0 Å². The summed E-state index contributed by atoms with van der Waals surface area (Å²) in [6.45, 7) is 4.28. The number of phenols is 1. The Morgan fingerprint density at radius 2 is 2.27 bits per heavy atom. The first-order valence-corrected chi connectivity index (χ1v) is 6.14. The third-order valence-corrected chi connectivity index (χ3v) is 3.66. The van der Waals surface area contributed by atoms with E-state index in [1.165, 1.54) is 12.0 Å². The van der Waals surface area contributed by atoms with Gasteiger partial charge in [-0.05, 0) is 58.4 Å². The van der Waals surface area contributed by atoms with Crippen LogP contribution in [0.3, 0.4) is 0 Å². The standard InChI is InChI=1S/C12H16BrNO/c1-8-4-10(8)7-14-6-9-2-3-12(15)11(13)5-9/h2-3,5,8,10,14-15H,4,6-7H2,1H3. The van der Waals surface area contributed by atoms with E-state index in [9.17, 15) is 5.11 Å². The SMILES string of the molecule is CC1CC1CNCc1ccc(O)c(Br)c1. The molecule has 2 unspecified atom stereocenters. The molecule has 15 heavy (non-hydrogen) atoms. The Morgan fingerprint density at radius 1 is 1.53 bits per heavy atom. The number of nitrogens with one attached hydrogen (secondary N) is 1. The molecule has 2 nitrogen and oxygen atoms in total. The molecule has 0 heterocycles. The average Bonchev–Trinajstić information content (AvgIpc) is 2.88. The Kier molecular flexibility index (Phi) is 3.32. The molecule has 0 aliphatic heterocycles. The summed E-state index contributed by atoms with van der Waals surface area (Å²) < 4.78 is 0.765. The van der Waals surface area contributed by atoms with Crippen molar-refractivity contribution >= 4 is 15.9 Å². The minimum Gasteiger partial charge on any atom is -0.507 e. The molecule has 0 amide bonds. The van der Waals surface area contributed by atoms with Gasteiger partial charge in [0.2, 0.25) is 0 Å². The van der Waals surface area contributed by atoms with Gasteiger partial charge >= 0.3 is 0 Å². The molecule has 0 radical (unpaired) electrons. The quantitative estimate of drug-likeness (QED) is 0.881. The van der Waals surface area contributed by atoms with Gasteiger partial charge in [-0.15, -0.1) is 0 Å². The molecule has 1 aromatic rings. The van der Waals surface area contributed by atoms with E-state index in [1.807, 2.05) is 12.1 Å². The molecule has 0 bridgehead atoms. The first-order chi connectivity index (χ1) is 7.16. The van der Waals surface area contributed by atoms with Crippen molar-refractivity contribution in [3.63, 3.8) is 0 Å². The topological polar surface area (TPSA) is 32.3 Å². The number of halogens is 1. The summed E-state index contributed by atoms with van der Waals surface area (Å²) >= 11 is 3.31. The first kappa shape index (κ1) is 11.0. The van der Waals surface area contributed by atoms with Gasteiger partial charge in [-0.25, -0.2) is 0 Å². The van der Waals surface area contributed by atoms with Gasteiger partial charge in [0.15, 0.2) is 0 Å². The third kappa shape index (κ3) is 2.95. The van der Waals surface area contributed by atoms with Crippen LogP contribution in [0.4, 0.5) is 0 Å². The van der Waals surface area contributed by atoms with Crippen LogP contribution in [0.2, 0.25) is 0 Å². The van der Waals surface area contributed by atoms with Crippen LogP contribution in [0, 0.1) is 11.8 Å². The normalized spacial score (nSPS) is 24.1. The monoisotopic (exact) mass is 269 g/mol. The van der Waals surface area contributed by atoms with Gasteiger partial charge in [-0.2, -0.15) is 0 Å². The summed E-state index contributed by atoms with van der Waals surface area (Å²) in [6.07, 6.45) is 1.37. The van der Waals surface area contributed by atoms with Gasteiger partial charge in [0, 0.05) is 6.54 Å². The third-order valence-electron chi connectivity index (χ3n) is 3.02. The van der Waals surface area contributed by atoms with E-state index >= 15 is 0 Å². The predicted molar refractivity (Wildman–Crippen MR) is 64.8 cm³/mol. The molecular weight excluding hydrogens is 254 g/mol. The lowest BCUT2D eigenvalue weighted by Gasteiger charge is -2.05. The van der Waals surface area contributed by atoms with E-state index in [0.29, 0.717) is 5.75 Å². The zero-order valence-electron chi connectivity index (χ0n) is 8.83. The van der Waals surface area contributed by atoms with E-state index in [0.717, 1.165) is 29.4 Å². The second kappa shape index (κ2) is 4.54. The van der Waals surface area contributed by atoms with Crippen molar-refractivity contribution < 1.29 is 5.11 Å². The summed E-state index contributed by atoms with van der Waals surface area (Å²) in [7, 11) is 0. The highest BCUT2D eigenvalue weighted by molar-refractivity contribution is 9.10. The van der Waals surface area contributed by atoms with E-state index < -0.39 is 0 Å². The maximum absolute atomic E-state index is 9.33. The first-order valence-electron chi connectivity index (χ1n) is 5.35. The number of rotatable bonds is 4. The van der Waals surface area contributed by atoms with E-state index in [-0.39, 0.29) is 0 Å². The van der Waals surface area contributed by atoms with Crippen LogP contribution in [0.15, 0.2) is 22.7 Å². The molecule has 1 aliphatic rings. The molecular formula is C12H16BrNO. The number of hydrogen-bond donors (Lipinski definition) is 2. The predicted octanol–water partition coefficient (Wildman–Crippen LogP) is 2.90. The summed E-state index contributed by atoms with van der Waals surface area (Å²) in [5, 5.41) is 12.8. The molecule has 0 aromatic heterocycles. The Labute approximate surface area is 98.8 Å². The van der Waals surface area contributed by atoms with Crippen LogP contribution in [-0.4, -0.2) is 11.7 Å². The summed E-state index contributed by atoms with van der Waals surface area (Å²) in [4.78, 5) is 0. The highest BCUT2D eigenvalue weighted by Gasteiger charge is 2.31. The second-order valence-corrected chi connectivity index (χ2v) is 5.24. The fourth-order valence-electron chi connectivity index (χ4n) is 1.75. The number of benzene rings is 1. The zero-order valence-corrected chi connectivity index (χ0v) is 10.4. The van der Waals surface area contributed by atoms with Crippen LogP contribution in [-0.2, 0) is 6.54 Å². The molecule has 0 spiro atoms. The molecule has 2 atom stereocenters. The maximum atomic E-state index is 9.33. The van der Waals surface area contributed by atoms with Crippen LogP contribution < -0.4 is 5.32 Å². The van der Waals surface area contributed by atoms with Crippen LogP contribution in [0.1, 0.15) is 18.9 Å². The molecule has 3 heteroatoms. The fraction of sp³-hybridized carbons (Fsp3) is 0.500. The zero-order chi connectivity index (χ0) is 10.8. The maximum Gasteiger partial charge on any atom is 0.129 e. The van der Waals surface area contributed by atoms with Crippen LogP contribution >= 0.6 is 15.9 Å². The number of aromatic hydroxyl groups is 1. The average molecular weight is 270 g/mol. The van der Waals surface area contributed by atoms with Gasteiger partial charge in [0.05, 0.1) is 4.47 Å². The largest absolute Gasteiger partial charge is 0.507 e. The lowest BCUT2D eigenvalue weighted by atomic mass is 10.2. The molecule has 1 saturated carbocycles. The van der Waals surface area contributed by atoms with Crippen molar-refractivity contribution in [1.82, 2.24) is 5.32 Å². The van der Waals surface area contributed by atoms with Crippen molar-refractivity contribution in [3.05, 3.63) is 28.2 Å². The minimum absolute atomic E-state index is 0.301. The van der Waals surface area contributed by atoms with Gasteiger partial charge in [-0.3, -0.25) is 0 Å². The van der Waals surface area contributed by atoms with Crippen LogP contribution in [0.5, 0.6) is 5.75 Å². The van der Waals surface area contributed by atoms with E-state index in [2.05, 4.69) is 28.2 Å². The highest BCUT2D eigenvalue weighted by Crippen LogP contribution is 2.36. The minimum atomic E-state index is 0.301. The van der Waals surface area contributed by atoms with Crippen molar-refractivity contribution in [2.45, 2.75) is 19.9 Å². The number of hydrogen-bond acceptors (Lipinski definition) is 2. The molecule has 0 saturated heterocycles. The molecule has 1 aliphatic carbocycles. The van der Waals surface area contributed by atoms with Gasteiger partial charge in [0.25, 0.3) is 0 Å². The molecule has 82 valence electrons. The molecule has 1 fully saturated rings. The Hall–Kier alpha value is -0.540. The Bertz CT molecular complexity index is 353. The summed E-state index contributed by atoms with van der Waals surface area (Å²) in [6, 6.07) is 5.63. The Balaban J connectivity index is 1.80. The fourth-order valence-corrected chi connectivity index (χ4v) is 2.17. The molecule has 2 rings (SSSR count). The highest BCUT2D eigenvalue weighted by atomic mass is 79.9. The van der Waals surface area contributed by atoms with Crippen molar-refractivity contribution in [2.24, 2.45) is 11.8 Å². The van der Waals surface area contributed by atoms with Crippen molar-refractivity contribution in [3.8, 4) is 5.75 Å². The van der Waals surface area contributed by atoms with Gasteiger partial charge in [0.1, 0.15) is 5.75 Å². The van der Waals surface area contributed by atoms with E-state index in [1.54, 1.807) is 6.07 Å². The summed E-state index contributed by atoms with van der Waals surface area (Å²) in [5.41, 5.74) is 1.20. The lowest BCUT2D eigenvalue weighted by molar-refractivity contribution is 0.471. The van der Waals surface area contributed by atoms with Crippen molar-refractivity contribution in [2.75, 3.05) is 6.54 Å². The van der Waals surface area contributed by atoms with Crippen molar-refractivity contribution in [1.29, 1.82) is 0 Å². The number of phenolic OH excluding ortho intramolecular Hbond substituents is 1. The Morgan fingerprint density at radius 3 is 2.87 bits per heavy atom. The lowest BCUT2D eigenvalue weighted by Crippen LogP contribution is -2.16. The van der Waals surface area contributed by atoms with Gasteiger partial charge < -0.3 is 10.4 Å².